The molecule has 0 atom stereocenters. The summed E-state index contributed by atoms with van der Waals surface area (Å²) in [7, 11) is 0. The minimum Gasteiger partial charge on any atom is -0.506 e. The molecule has 0 bridgehead atoms. The van der Waals surface area contributed by atoms with Crippen LogP contribution in [0.2, 0.25) is 0 Å². The van der Waals surface area contributed by atoms with Crippen LogP contribution in [0, 0.1) is 11.6 Å². The lowest BCUT2D eigenvalue weighted by Gasteiger charge is -2.22. The van der Waals surface area contributed by atoms with Crippen molar-refractivity contribution in [1.29, 1.82) is 0 Å². The van der Waals surface area contributed by atoms with E-state index in [0.29, 0.717) is 11.1 Å². The van der Waals surface area contributed by atoms with Crippen LogP contribution in [0.1, 0.15) is 26.3 Å². The molecule has 0 aliphatic carbocycles. The summed E-state index contributed by atoms with van der Waals surface area (Å²) in [6.45, 7) is 6.14. The summed E-state index contributed by atoms with van der Waals surface area (Å²) >= 11 is 0. The van der Waals surface area contributed by atoms with Crippen LogP contribution in [0.15, 0.2) is 65.2 Å². The third-order valence-electron chi connectivity index (χ3n) is 4.90. The summed E-state index contributed by atoms with van der Waals surface area (Å²) in [6.07, 6.45) is 0. The van der Waals surface area contributed by atoms with E-state index in [2.05, 4.69) is 10.1 Å². The third kappa shape index (κ3) is 3.56. The highest BCUT2D eigenvalue weighted by Crippen LogP contribution is 2.41. The number of aromatic hydroxyl groups is 1. The van der Waals surface area contributed by atoms with Crippen LogP contribution in [-0.2, 0) is 5.41 Å². The standard InChI is InChI=1S/C24H20F2N2O2/c1-24(2,3)15-12-16(14-8-5-4-6-9-14)21(29)17(13-15)23-27-22(28-30-23)20-18(25)10-7-11-19(20)26/h4-13,29H,1-3H3. The zero-order valence-corrected chi connectivity index (χ0v) is 16.8. The van der Waals surface area contributed by atoms with E-state index >= 15 is 0 Å². The van der Waals surface area contributed by atoms with Gasteiger partial charge in [0.2, 0.25) is 5.82 Å². The van der Waals surface area contributed by atoms with E-state index in [9.17, 15) is 13.9 Å². The molecular formula is C24H20F2N2O2. The van der Waals surface area contributed by atoms with Crippen LogP contribution in [0.5, 0.6) is 5.75 Å². The van der Waals surface area contributed by atoms with Crippen LogP contribution in [0.25, 0.3) is 34.0 Å². The zero-order chi connectivity index (χ0) is 21.5. The molecule has 0 unspecified atom stereocenters. The van der Waals surface area contributed by atoms with E-state index in [1.54, 1.807) is 6.07 Å². The molecule has 1 heterocycles. The number of hydrogen-bond donors (Lipinski definition) is 1. The Morgan fingerprint density at radius 3 is 2.13 bits per heavy atom. The summed E-state index contributed by atoms with van der Waals surface area (Å²) < 4.78 is 33.5. The maximum atomic E-state index is 14.1. The van der Waals surface area contributed by atoms with E-state index in [0.717, 1.165) is 23.3 Å². The Morgan fingerprint density at radius 1 is 0.867 bits per heavy atom. The van der Waals surface area contributed by atoms with Crippen molar-refractivity contribution in [2.75, 3.05) is 0 Å². The molecule has 1 N–H and O–H groups in total. The van der Waals surface area contributed by atoms with Crippen molar-refractivity contribution in [2.45, 2.75) is 26.2 Å². The fraction of sp³-hybridized carbons (Fsp3) is 0.167. The van der Waals surface area contributed by atoms with Crippen LogP contribution in [0.3, 0.4) is 0 Å². The third-order valence-corrected chi connectivity index (χ3v) is 4.90. The molecule has 0 radical (unpaired) electrons. The quantitative estimate of drug-likeness (QED) is 0.431. The number of halogens is 2. The van der Waals surface area contributed by atoms with Crippen LogP contribution >= 0.6 is 0 Å². The highest BCUT2D eigenvalue weighted by Gasteiger charge is 2.24. The molecule has 6 heteroatoms. The Hall–Kier alpha value is -3.54. The monoisotopic (exact) mass is 406 g/mol. The van der Waals surface area contributed by atoms with E-state index < -0.39 is 11.6 Å². The average molecular weight is 406 g/mol. The van der Waals surface area contributed by atoms with Gasteiger partial charge in [-0.3, -0.25) is 0 Å². The summed E-state index contributed by atoms with van der Waals surface area (Å²) in [6, 6.07) is 16.6. The zero-order valence-electron chi connectivity index (χ0n) is 16.8. The molecule has 4 aromatic rings. The van der Waals surface area contributed by atoms with Gasteiger partial charge in [0.15, 0.2) is 0 Å². The average Bonchev–Trinajstić information content (AvgIpc) is 3.17. The van der Waals surface area contributed by atoms with Crippen molar-refractivity contribution in [3.05, 3.63) is 77.9 Å². The van der Waals surface area contributed by atoms with Gasteiger partial charge >= 0.3 is 0 Å². The van der Waals surface area contributed by atoms with Gasteiger partial charge in [-0.25, -0.2) is 8.78 Å². The molecular weight excluding hydrogens is 386 g/mol. The predicted molar refractivity (Wildman–Crippen MR) is 111 cm³/mol. The van der Waals surface area contributed by atoms with Gasteiger partial charge in [0.1, 0.15) is 17.4 Å². The lowest BCUT2D eigenvalue weighted by atomic mass is 9.83. The molecule has 1 aromatic heterocycles. The van der Waals surface area contributed by atoms with Gasteiger partial charge in [0.05, 0.1) is 11.1 Å². The van der Waals surface area contributed by atoms with Crippen molar-refractivity contribution in [3.63, 3.8) is 0 Å². The van der Waals surface area contributed by atoms with Gasteiger partial charge in [-0.05, 0) is 40.8 Å². The van der Waals surface area contributed by atoms with Gasteiger partial charge in [0.25, 0.3) is 5.89 Å². The molecule has 0 saturated carbocycles. The smallest absolute Gasteiger partial charge is 0.262 e. The van der Waals surface area contributed by atoms with Gasteiger partial charge in [-0.15, -0.1) is 0 Å². The molecule has 0 spiro atoms. The minimum absolute atomic E-state index is 0.0200. The fourth-order valence-corrected chi connectivity index (χ4v) is 3.21. The first-order valence-corrected chi connectivity index (χ1v) is 9.47. The lowest BCUT2D eigenvalue weighted by molar-refractivity contribution is 0.424. The highest BCUT2D eigenvalue weighted by molar-refractivity contribution is 5.81. The van der Waals surface area contributed by atoms with Crippen molar-refractivity contribution in [3.8, 4) is 39.7 Å². The minimum atomic E-state index is -0.792. The number of phenols is 1. The SMILES string of the molecule is CC(C)(C)c1cc(-c2ccccc2)c(O)c(-c2nc(-c3c(F)cccc3F)no2)c1. The number of nitrogens with zero attached hydrogens (tertiary/aromatic N) is 2. The first-order chi connectivity index (χ1) is 14.3. The van der Waals surface area contributed by atoms with E-state index in [-0.39, 0.29) is 28.4 Å². The molecule has 0 saturated heterocycles. The second-order valence-corrected chi connectivity index (χ2v) is 8.06. The van der Waals surface area contributed by atoms with E-state index in [1.165, 1.54) is 6.07 Å². The van der Waals surface area contributed by atoms with Gasteiger partial charge in [-0.2, -0.15) is 4.98 Å². The Kier molecular flexibility index (Phi) is 4.86. The van der Waals surface area contributed by atoms with Gasteiger partial charge in [-0.1, -0.05) is 62.3 Å². The Balaban J connectivity index is 1.90. The van der Waals surface area contributed by atoms with Crippen molar-refractivity contribution in [1.82, 2.24) is 10.1 Å². The number of hydrogen-bond acceptors (Lipinski definition) is 4. The Labute approximate surface area is 172 Å². The molecule has 30 heavy (non-hydrogen) atoms. The number of benzene rings is 3. The maximum absolute atomic E-state index is 14.1. The Bertz CT molecular complexity index is 1190. The fourth-order valence-electron chi connectivity index (χ4n) is 3.21. The van der Waals surface area contributed by atoms with Gasteiger partial charge < -0.3 is 9.63 Å². The number of phenolic OH excluding ortho intramolecular Hbond substituents is 1. The predicted octanol–water partition coefficient (Wildman–Crippen LogP) is 6.35. The first kappa shape index (κ1) is 19.8. The molecule has 0 amide bonds. The molecule has 3 aromatic carbocycles. The summed E-state index contributed by atoms with van der Waals surface area (Å²) in [5, 5.41) is 14.7. The highest BCUT2D eigenvalue weighted by atomic mass is 19.1. The summed E-state index contributed by atoms with van der Waals surface area (Å²) in [5.74, 6) is -1.87. The van der Waals surface area contributed by atoms with E-state index in [4.69, 9.17) is 4.52 Å². The second kappa shape index (κ2) is 7.37. The van der Waals surface area contributed by atoms with Crippen molar-refractivity contribution in [2.24, 2.45) is 0 Å². The number of aromatic nitrogens is 2. The normalized spacial score (nSPS) is 11.6. The molecule has 4 rings (SSSR count). The van der Waals surface area contributed by atoms with E-state index in [1.807, 2.05) is 57.2 Å². The van der Waals surface area contributed by atoms with Crippen LogP contribution < -0.4 is 0 Å². The van der Waals surface area contributed by atoms with Gasteiger partial charge in [0, 0.05) is 5.56 Å². The second-order valence-electron chi connectivity index (χ2n) is 8.06. The molecule has 0 aliphatic rings. The molecule has 152 valence electrons. The summed E-state index contributed by atoms with van der Waals surface area (Å²) in [4.78, 5) is 4.17. The molecule has 0 aliphatic heterocycles. The van der Waals surface area contributed by atoms with Crippen LogP contribution in [-0.4, -0.2) is 15.2 Å². The van der Waals surface area contributed by atoms with Crippen molar-refractivity contribution >= 4 is 0 Å². The summed E-state index contributed by atoms with van der Waals surface area (Å²) in [5.41, 5.74) is 2.06. The maximum Gasteiger partial charge on any atom is 0.262 e. The lowest BCUT2D eigenvalue weighted by Crippen LogP contribution is -2.11. The van der Waals surface area contributed by atoms with Crippen molar-refractivity contribution < 1.29 is 18.4 Å². The first-order valence-electron chi connectivity index (χ1n) is 9.47. The molecule has 4 nitrogen and oxygen atoms in total. The molecule has 0 fully saturated rings. The topological polar surface area (TPSA) is 59.2 Å². The Morgan fingerprint density at radius 2 is 1.50 bits per heavy atom. The largest absolute Gasteiger partial charge is 0.506 e. The number of rotatable bonds is 3. The van der Waals surface area contributed by atoms with Crippen LogP contribution in [0.4, 0.5) is 8.78 Å².